The van der Waals surface area contributed by atoms with Crippen molar-refractivity contribution in [1.29, 1.82) is 0 Å². The van der Waals surface area contributed by atoms with Crippen molar-refractivity contribution in [2.24, 2.45) is 11.8 Å². The molecule has 1 aromatic heterocycles. The lowest BCUT2D eigenvalue weighted by Crippen LogP contribution is -2.34. The normalized spacial score (nSPS) is 15.4. The number of nitrogens with one attached hydrogen (secondary N) is 1. The maximum atomic E-state index is 4.33. The molecule has 92 valence electrons. The topological polar surface area (TPSA) is 29.9 Å². The van der Waals surface area contributed by atoms with Crippen molar-refractivity contribution in [2.75, 3.05) is 7.05 Å². The summed E-state index contributed by atoms with van der Waals surface area (Å²) < 4.78 is 2.00. The van der Waals surface area contributed by atoms with Gasteiger partial charge in [0.05, 0.1) is 6.20 Å². The van der Waals surface area contributed by atoms with Crippen LogP contribution in [0.1, 0.15) is 33.3 Å². The third kappa shape index (κ3) is 3.34. The Labute approximate surface area is 99.2 Å². The first-order valence-corrected chi connectivity index (χ1v) is 6.27. The van der Waals surface area contributed by atoms with Crippen LogP contribution in [0.15, 0.2) is 12.4 Å². The van der Waals surface area contributed by atoms with Gasteiger partial charge in [-0.1, -0.05) is 13.8 Å². The molecule has 0 saturated heterocycles. The van der Waals surface area contributed by atoms with E-state index in [1.807, 2.05) is 17.9 Å². The standard InChI is InChI=1S/C13H25N3/c1-6-16-9-12(8-15-16)7-13(10(2)3)11(4)14-5/h8-11,13-14H,6-7H2,1-5H3. The van der Waals surface area contributed by atoms with Crippen molar-refractivity contribution in [3.05, 3.63) is 18.0 Å². The summed E-state index contributed by atoms with van der Waals surface area (Å²) in [5, 5.41) is 7.69. The number of rotatable bonds is 6. The zero-order valence-corrected chi connectivity index (χ0v) is 11.2. The number of aromatic nitrogens is 2. The van der Waals surface area contributed by atoms with Gasteiger partial charge in [0.2, 0.25) is 0 Å². The Morgan fingerprint density at radius 1 is 1.38 bits per heavy atom. The summed E-state index contributed by atoms with van der Waals surface area (Å²) in [4.78, 5) is 0. The van der Waals surface area contributed by atoms with Gasteiger partial charge >= 0.3 is 0 Å². The van der Waals surface area contributed by atoms with E-state index in [-0.39, 0.29) is 0 Å². The van der Waals surface area contributed by atoms with E-state index >= 15 is 0 Å². The summed E-state index contributed by atoms with van der Waals surface area (Å²) in [5.74, 6) is 1.35. The van der Waals surface area contributed by atoms with E-state index in [1.165, 1.54) is 5.56 Å². The fraction of sp³-hybridized carbons (Fsp3) is 0.769. The van der Waals surface area contributed by atoms with Crippen LogP contribution < -0.4 is 5.32 Å². The lowest BCUT2D eigenvalue weighted by atomic mass is 9.85. The second-order valence-electron chi connectivity index (χ2n) is 4.89. The van der Waals surface area contributed by atoms with Crippen molar-refractivity contribution in [3.63, 3.8) is 0 Å². The van der Waals surface area contributed by atoms with Crippen molar-refractivity contribution in [3.8, 4) is 0 Å². The van der Waals surface area contributed by atoms with Gasteiger partial charge in [0.1, 0.15) is 0 Å². The predicted molar refractivity (Wildman–Crippen MR) is 68.5 cm³/mol. The molecule has 1 N–H and O–H groups in total. The number of hydrogen-bond donors (Lipinski definition) is 1. The highest BCUT2D eigenvalue weighted by atomic mass is 15.3. The minimum atomic E-state index is 0.546. The Hall–Kier alpha value is -0.830. The van der Waals surface area contributed by atoms with E-state index < -0.39 is 0 Å². The van der Waals surface area contributed by atoms with E-state index in [9.17, 15) is 0 Å². The summed E-state index contributed by atoms with van der Waals surface area (Å²) in [6.07, 6.45) is 5.28. The minimum absolute atomic E-state index is 0.546. The molecule has 0 aliphatic rings. The zero-order chi connectivity index (χ0) is 12.1. The maximum Gasteiger partial charge on any atom is 0.0521 e. The average molecular weight is 223 g/mol. The van der Waals surface area contributed by atoms with Gasteiger partial charge in [-0.25, -0.2) is 0 Å². The lowest BCUT2D eigenvalue weighted by molar-refractivity contribution is 0.300. The molecule has 0 saturated carbocycles. The molecule has 3 heteroatoms. The van der Waals surface area contributed by atoms with Gasteiger partial charge in [-0.05, 0) is 44.7 Å². The van der Waals surface area contributed by atoms with Crippen molar-refractivity contribution in [2.45, 2.75) is 46.7 Å². The Bertz CT molecular complexity index is 304. The van der Waals surface area contributed by atoms with Crippen LogP contribution in [0, 0.1) is 11.8 Å². The van der Waals surface area contributed by atoms with Gasteiger partial charge in [-0.3, -0.25) is 4.68 Å². The largest absolute Gasteiger partial charge is 0.317 e. The molecule has 0 aliphatic carbocycles. The highest BCUT2D eigenvalue weighted by Crippen LogP contribution is 2.20. The second kappa shape index (κ2) is 6.04. The molecular formula is C13H25N3. The number of aryl methyl sites for hydroxylation is 1. The van der Waals surface area contributed by atoms with E-state index in [0.29, 0.717) is 17.9 Å². The first-order valence-electron chi connectivity index (χ1n) is 6.27. The second-order valence-corrected chi connectivity index (χ2v) is 4.89. The molecule has 0 radical (unpaired) electrons. The lowest BCUT2D eigenvalue weighted by Gasteiger charge is -2.26. The van der Waals surface area contributed by atoms with Crippen molar-refractivity contribution < 1.29 is 0 Å². The third-order valence-electron chi connectivity index (χ3n) is 3.44. The molecule has 1 rings (SSSR count). The monoisotopic (exact) mass is 223 g/mol. The molecule has 1 aromatic rings. The van der Waals surface area contributed by atoms with E-state index in [4.69, 9.17) is 0 Å². The molecule has 3 nitrogen and oxygen atoms in total. The first kappa shape index (κ1) is 13.2. The van der Waals surface area contributed by atoms with Crippen LogP contribution in [0.4, 0.5) is 0 Å². The minimum Gasteiger partial charge on any atom is -0.317 e. The predicted octanol–water partition coefficient (Wildman–Crippen LogP) is 2.33. The van der Waals surface area contributed by atoms with Gasteiger partial charge in [-0.15, -0.1) is 0 Å². The number of nitrogens with zero attached hydrogens (tertiary/aromatic N) is 2. The molecule has 0 aliphatic heterocycles. The fourth-order valence-corrected chi connectivity index (χ4v) is 2.16. The molecular weight excluding hydrogens is 198 g/mol. The summed E-state index contributed by atoms with van der Waals surface area (Å²) in [6, 6.07) is 0.546. The Morgan fingerprint density at radius 2 is 2.06 bits per heavy atom. The molecule has 0 amide bonds. The highest BCUT2D eigenvalue weighted by Gasteiger charge is 2.20. The average Bonchev–Trinajstić information content (AvgIpc) is 2.72. The van der Waals surface area contributed by atoms with E-state index in [1.54, 1.807) is 0 Å². The molecule has 0 fully saturated rings. The zero-order valence-electron chi connectivity index (χ0n) is 11.2. The first-order chi connectivity index (χ1) is 7.58. The Kier molecular flexibility index (Phi) is 5.00. The third-order valence-corrected chi connectivity index (χ3v) is 3.44. The van der Waals surface area contributed by atoms with Gasteiger partial charge < -0.3 is 5.32 Å². The molecule has 2 atom stereocenters. The molecule has 1 heterocycles. The molecule has 0 bridgehead atoms. The van der Waals surface area contributed by atoms with Crippen LogP contribution in [-0.2, 0) is 13.0 Å². The molecule has 0 spiro atoms. The summed E-state index contributed by atoms with van der Waals surface area (Å²) in [7, 11) is 2.04. The van der Waals surface area contributed by atoms with Crippen LogP contribution in [0.5, 0.6) is 0 Å². The van der Waals surface area contributed by atoms with Gasteiger partial charge in [0.15, 0.2) is 0 Å². The van der Waals surface area contributed by atoms with Gasteiger partial charge in [0.25, 0.3) is 0 Å². The van der Waals surface area contributed by atoms with Gasteiger partial charge in [-0.2, -0.15) is 5.10 Å². The maximum absolute atomic E-state index is 4.33. The molecule has 2 unspecified atom stereocenters. The van der Waals surface area contributed by atoms with Crippen molar-refractivity contribution >= 4 is 0 Å². The summed E-state index contributed by atoms with van der Waals surface area (Å²) in [5.41, 5.74) is 1.35. The van der Waals surface area contributed by atoms with Crippen LogP contribution >= 0.6 is 0 Å². The van der Waals surface area contributed by atoms with Gasteiger partial charge in [0, 0.05) is 18.8 Å². The summed E-state index contributed by atoms with van der Waals surface area (Å²) >= 11 is 0. The summed E-state index contributed by atoms with van der Waals surface area (Å²) in [6.45, 7) is 9.92. The Morgan fingerprint density at radius 3 is 2.50 bits per heavy atom. The van der Waals surface area contributed by atoms with Crippen LogP contribution in [0.3, 0.4) is 0 Å². The fourth-order valence-electron chi connectivity index (χ4n) is 2.16. The Balaban J connectivity index is 2.67. The van der Waals surface area contributed by atoms with Crippen LogP contribution in [0.2, 0.25) is 0 Å². The van der Waals surface area contributed by atoms with Crippen LogP contribution in [-0.4, -0.2) is 22.9 Å². The molecule has 16 heavy (non-hydrogen) atoms. The smallest absolute Gasteiger partial charge is 0.0521 e. The van der Waals surface area contributed by atoms with E-state index in [2.05, 4.69) is 44.3 Å². The van der Waals surface area contributed by atoms with E-state index in [0.717, 1.165) is 13.0 Å². The SMILES string of the molecule is CCn1cc(CC(C(C)C)C(C)NC)cn1. The molecule has 0 aromatic carbocycles. The quantitative estimate of drug-likeness (QED) is 0.802. The van der Waals surface area contributed by atoms with Crippen LogP contribution in [0.25, 0.3) is 0 Å². The van der Waals surface area contributed by atoms with Crippen molar-refractivity contribution in [1.82, 2.24) is 15.1 Å². The number of hydrogen-bond acceptors (Lipinski definition) is 2. The highest BCUT2D eigenvalue weighted by molar-refractivity contribution is 5.06.